The molecule has 2 heterocycles. The first kappa shape index (κ1) is 20.8. The molecule has 3 rings (SSSR count). The van der Waals surface area contributed by atoms with Gasteiger partial charge in [-0.2, -0.15) is 0 Å². The molecule has 0 radical (unpaired) electrons. The smallest absolute Gasteiger partial charge is 0.249 e. The van der Waals surface area contributed by atoms with Gasteiger partial charge in [0.05, 0.1) is 0 Å². The lowest BCUT2D eigenvalue weighted by Crippen LogP contribution is -2.67. The number of hydrogen-bond acceptors (Lipinski definition) is 3. The van der Waals surface area contributed by atoms with Crippen LogP contribution in [0.3, 0.4) is 0 Å². The van der Waals surface area contributed by atoms with Crippen molar-refractivity contribution in [2.24, 2.45) is 11.3 Å². The number of piperidine rings is 2. The normalized spacial score (nSPS) is 29.7. The first-order valence-electron chi connectivity index (χ1n) is 9.90. The highest BCUT2D eigenvalue weighted by atomic mass is 35.5. The van der Waals surface area contributed by atoms with Gasteiger partial charge in [-0.3, -0.25) is 4.79 Å². The molecule has 1 aromatic rings. The van der Waals surface area contributed by atoms with Gasteiger partial charge in [0.2, 0.25) is 5.91 Å². The fraction of sp³-hybridized carbons (Fsp3) is 0.667. The van der Waals surface area contributed by atoms with E-state index in [4.69, 9.17) is 23.2 Å². The van der Waals surface area contributed by atoms with Crippen LogP contribution in [0.15, 0.2) is 18.2 Å². The average Bonchev–Trinajstić information content (AvgIpc) is 2.55. The van der Waals surface area contributed by atoms with Crippen LogP contribution >= 0.6 is 23.2 Å². The third-order valence-electron chi connectivity index (χ3n) is 6.26. The number of benzene rings is 1. The van der Waals surface area contributed by atoms with Gasteiger partial charge in [0.25, 0.3) is 0 Å². The molecule has 150 valence electrons. The summed E-state index contributed by atoms with van der Waals surface area (Å²) in [6.45, 7) is 11.4. The van der Waals surface area contributed by atoms with Gasteiger partial charge >= 0.3 is 0 Å². The summed E-state index contributed by atoms with van der Waals surface area (Å²) < 4.78 is 0. The average molecular weight is 412 g/mol. The topological polar surface area (TPSA) is 44.4 Å². The van der Waals surface area contributed by atoms with Crippen LogP contribution in [0.4, 0.5) is 5.69 Å². The van der Waals surface area contributed by atoms with Crippen molar-refractivity contribution in [3.05, 3.63) is 28.2 Å². The number of carbonyl (C=O) groups is 1. The number of amides is 1. The predicted molar refractivity (Wildman–Crippen MR) is 114 cm³/mol. The Kier molecular flexibility index (Phi) is 6.00. The molecule has 2 N–H and O–H groups in total. The Morgan fingerprint density at radius 3 is 2.48 bits per heavy atom. The number of hydrogen-bond donors (Lipinski definition) is 2. The Bertz CT molecular complexity index is 683. The lowest BCUT2D eigenvalue weighted by atomic mass is 9.67. The molecule has 3 atom stereocenters. The van der Waals surface area contributed by atoms with Crippen molar-refractivity contribution < 1.29 is 4.79 Å². The zero-order chi connectivity index (χ0) is 19.8. The lowest BCUT2D eigenvalue weighted by molar-refractivity contribution is -0.148. The fourth-order valence-corrected chi connectivity index (χ4v) is 5.07. The maximum atomic E-state index is 13.9. The lowest BCUT2D eigenvalue weighted by Gasteiger charge is -2.53. The van der Waals surface area contributed by atoms with Crippen LogP contribution in [0.1, 0.15) is 47.0 Å². The van der Waals surface area contributed by atoms with E-state index in [-0.39, 0.29) is 17.4 Å². The SMILES string of the molecule is C[C@@H]1CCNC[C@H]1N1CCCC(Nc2cc(Cl)cc(Cl)c2)(C(C)(C)C)C1=O. The van der Waals surface area contributed by atoms with Crippen LogP contribution in [0, 0.1) is 11.3 Å². The van der Waals surface area contributed by atoms with Crippen LogP contribution in [0.25, 0.3) is 0 Å². The fourth-order valence-electron chi connectivity index (χ4n) is 4.55. The van der Waals surface area contributed by atoms with Gasteiger partial charge in [-0.05, 0) is 55.3 Å². The molecule has 2 saturated heterocycles. The second-order valence-corrected chi connectivity index (χ2v) is 9.95. The monoisotopic (exact) mass is 411 g/mol. The van der Waals surface area contributed by atoms with Crippen molar-refractivity contribution in [3.8, 4) is 0 Å². The van der Waals surface area contributed by atoms with Crippen LogP contribution in [-0.2, 0) is 4.79 Å². The van der Waals surface area contributed by atoms with Crippen LogP contribution in [0.5, 0.6) is 0 Å². The number of halogens is 2. The summed E-state index contributed by atoms with van der Waals surface area (Å²) in [5, 5.41) is 8.17. The predicted octanol–water partition coefficient (Wildman–Crippen LogP) is 4.81. The quantitative estimate of drug-likeness (QED) is 0.749. The largest absolute Gasteiger partial charge is 0.371 e. The summed E-state index contributed by atoms with van der Waals surface area (Å²) in [5.41, 5.74) is -0.147. The highest BCUT2D eigenvalue weighted by Crippen LogP contribution is 2.43. The van der Waals surface area contributed by atoms with Crippen molar-refractivity contribution in [1.29, 1.82) is 0 Å². The Morgan fingerprint density at radius 2 is 1.89 bits per heavy atom. The number of nitrogens with one attached hydrogen (secondary N) is 2. The van der Waals surface area contributed by atoms with E-state index >= 15 is 0 Å². The highest BCUT2D eigenvalue weighted by Gasteiger charge is 2.53. The maximum Gasteiger partial charge on any atom is 0.249 e. The van der Waals surface area contributed by atoms with Crippen molar-refractivity contribution in [2.45, 2.75) is 58.5 Å². The van der Waals surface area contributed by atoms with Crippen molar-refractivity contribution in [3.63, 3.8) is 0 Å². The number of rotatable bonds is 3. The van der Waals surface area contributed by atoms with Crippen LogP contribution < -0.4 is 10.6 Å². The second kappa shape index (κ2) is 7.81. The molecule has 27 heavy (non-hydrogen) atoms. The van der Waals surface area contributed by atoms with E-state index in [1.54, 1.807) is 6.07 Å². The minimum Gasteiger partial charge on any atom is -0.371 e. The summed E-state index contributed by atoms with van der Waals surface area (Å²) in [4.78, 5) is 16.0. The molecule has 0 spiro atoms. The molecule has 2 aliphatic heterocycles. The molecule has 2 fully saturated rings. The third-order valence-corrected chi connectivity index (χ3v) is 6.70. The Morgan fingerprint density at radius 1 is 1.22 bits per heavy atom. The minimum absolute atomic E-state index is 0.192. The first-order chi connectivity index (χ1) is 12.6. The van der Waals surface area contributed by atoms with Crippen LogP contribution in [0.2, 0.25) is 10.0 Å². The van der Waals surface area contributed by atoms with E-state index in [1.807, 2.05) is 12.1 Å². The molecule has 6 heteroatoms. The van der Waals surface area contributed by atoms with Crippen molar-refractivity contribution in [2.75, 3.05) is 25.0 Å². The van der Waals surface area contributed by atoms with E-state index in [9.17, 15) is 4.79 Å². The van der Waals surface area contributed by atoms with Gasteiger partial charge in [0, 0.05) is 34.9 Å². The molecule has 4 nitrogen and oxygen atoms in total. The number of anilines is 1. The van der Waals surface area contributed by atoms with Gasteiger partial charge in [-0.15, -0.1) is 0 Å². The zero-order valence-corrected chi connectivity index (χ0v) is 18.3. The molecule has 0 aliphatic carbocycles. The van der Waals surface area contributed by atoms with Gasteiger partial charge in [0.15, 0.2) is 0 Å². The van der Waals surface area contributed by atoms with Gasteiger partial charge in [-0.25, -0.2) is 0 Å². The van der Waals surface area contributed by atoms with E-state index < -0.39 is 5.54 Å². The van der Waals surface area contributed by atoms with E-state index in [0.717, 1.165) is 44.6 Å². The Balaban J connectivity index is 1.96. The standard InChI is InChI=1S/C21H31Cl2N3O/c1-14-6-8-24-13-18(14)26-9-5-7-21(19(26)27,20(2,3)4)25-17-11-15(22)10-16(23)12-17/h10-12,14,18,24-25H,5-9,13H2,1-4H3/t14-,18-,21?/m1/s1. The molecule has 0 bridgehead atoms. The summed E-state index contributed by atoms with van der Waals surface area (Å²) in [6.07, 6.45) is 2.88. The highest BCUT2D eigenvalue weighted by molar-refractivity contribution is 6.35. The van der Waals surface area contributed by atoms with E-state index in [2.05, 4.69) is 43.2 Å². The van der Waals surface area contributed by atoms with Crippen LogP contribution in [-0.4, -0.2) is 42.0 Å². The molecular formula is C21H31Cl2N3O. The number of likely N-dealkylation sites (tertiary alicyclic amines) is 1. The first-order valence-corrected chi connectivity index (χ1v) is 10.7. The van der Waals surface area contributed by atoms with Gasteiger partial charge in [-0.1, -0.05) is 50.9 Å². The van der Waals surface area contributed by atoms with E-state index in [0.29, 0.717) is 16.0 Å². The molecule has 2 aliphatic rings. The Labute approximate surface area is 173 Å². The van der Waals surface area contributed by atoms with Gasteiger partial charge in [0.1, 0.15) is 5.54 Å². The second-order valence-electron chi connectivity index (χ2n) is 9.08. The van der Waals surface area contributed by atoms with Crippen molar-refractivity contribution >= 4 is 34.8 Å². The summed E-state index contributed by atoms with van der Waals surface area (Å²) >= 11 is 12.4. The molecule has 1 aromatic carbocycles. The van der Waals surface area contributed by atoms with E-state index in [1.165, 1.54) is 0 Å². The van der Waals surface area contributed by atoms with Gasteiger partial charge < -0.3 is 15.5 Å². The number of nitrogens with zero attached hydrogens (tertiary/aromatic N) is 1. The third kappa shape index (κ3) is 4.08. The van der Waals surface area contributed by atoms with Crippen molar-refractivity contribution in [1.82, 2.24) is 10.2 Å². The molecular weight excluding hydrogens is 381 g/mol. The Hall–Kier alpha value is -0.970. The molecule has 1 amide bonds. The maximum absolute atomic E-state index is 13.9. The summed E-state index contributed by atoms with van der Waals surface area (Å²) in [6, 6.07) is 5.65. The summed E-state index contributed by atoms with van der Waals surface area (Å²) in [7, 11) is 0. The zero-order valence-electron chi connectivity index (χ0n) is 16.7. The molecule has 0 aromatic heterocycles. The number of carbonyl (C=O) groups excluding carboxylic acids is 1. The summed E-state index contributed by atoms with van der Waals surface area (Å²) in [5.74, 6) is 0.699. The minimum atomic E-state index is -0.684. The molecule has 1 unspecified atom stereocenters. The molecule has 0 saturated carbocycles.